The number of benzene rings is 2. The van der Waals surface area contributed by atoms with Gasteiger partial charge in [-0.25, -0.2) is 9.20 Å². The Morgan fingerprint density at radius 2 is 1.94 bits per heavy atom. The van der Waals surface area contributed by atoms with Crippen LogP contribution in [0.4, 0.5) is 5.95 Å². The van der Waals surface area contributed by atoms with Gasteiger partial charge < -0.3 is 0 Å². The van der Waals surface area contributed by atoms with Crippen molar-refractivity contribution in [3.8, 4) is 16.9 Å². The average Bonchev–Trinajstić information content (AvgIpc) is 3.43. The maximum atomic E-state index is 12.8. The van der Waals surface area contributed by atoms with E-state index in [-0.39, 0.29) is 11.9 Å². The van der Waals surface area contributed by atoms with Crippen LogP contribution in [0.2, 0.25) is 10.0 Å². The van der Waals surface area contributed by atoms with Crippen LogP contribution in [0.25, 0.3) is 21.9 Å². The molecule has 0 fully saturated rings. The SMILES string of the molecule is Cc1c(C(=O)Nc2nc3scc(-c4ccc(Cl)cc4Cl)n3n2)cnn1-c1ccccc1. The second-order valence-corrected chi connectivity index (χ2v) is 8.40. The molecule has 0 aliphatic heterocycles. The summed E-state index contributed by atoms with van der Waals surface area (Å²) in [6.45, 7) is 1.84. The summed E-state index contributed by atoms with van der Waals surface area (Å²) in [5.74, 6) is -0.126. The number of aromatic nitrogens is 5. The summed E-state index contributed by atoms with van der Waals surface area (Å²) in [6, 6.07) is 14.9. The van der Waals surface area contributed by atoms with Crippen LogP contribution in [-0.2, 0) is 0 Å². The minimum absolute atomic E-state index is 0.204. The van der Waals surface area contributed by atoms with Crippen LogP contribution < -0.4 is 5.32 Å². The van der Waals surface area contributed by atoms with Gasteiger partial charge >= 0.3 is 0 Å². The van der Waals surface area contributed by atoms with Gasteiger partial charge in [-0.1, -0.05) is 41.4 Å². The Morgan fingerprint density at radius 1 is 1.13 bits per heavy atom. The molecule has 1 amide bonds. The summed E-state index contributed by atoms with van der Waals surface area (Å²) in [6.07, 6.45) is 1.54. The van der Waals surface area contributed by atoms with E-state index in [9.17, 15) is 4.79 Å². The third-order valence-electron chi connectivity index (χ3n) is 4.77. The summed E-state index contributed by atoms with van der Waals surface area (Å²) in [5, 5.41) is 14.5. The predicted octanol–water partition coefficient (Wildman–Crippen LogP) is 5.51. The third-order valence-corrected chi connectivity index (χ3v) is 6.13. The average molecular weight is 469 g/mol. The summed E-state index contributed by atoms with van der Waals surface area (Å²) >= 11 is 13.7. The fourth-order valence-electron chi connectivity index (χ4n) is 3.25. The minimum Gasteiger partial charge on any atom is -0.289 e. The molecule has 0 radical (unpaired) electrons. The van der Waals surface area contributed by atoms with Crippen molar-refractivity contribution in [2.45, 2.75) is 6.92 Å². The van der Waals surface area contributed by atoms with Crippen molar-refractivity contribution in [3.63, 3.8) is 0 Å². The number of hydrogen-bond donors (Lipinski definition) is 1. The van der Waals surface area contributed by atoms with Crippen LogP contribution in [0, 0.1) is 6.92 Å². The first kappa shape index (κ1) is 19.7. The first-order valence-corrected chi connectivity index (χ1v) is 10.9. The molecule has 0 aliphatic rings. The van der Waals surface area contributed by atoms with Gasteiger partial charge in [0.05, 0.1) is 33.9 Å². The number of carbonyl (C=O) groups is 1. The number of fused-ring (bicyclic) bond motifs is 1. The Labute approximate surface area is 190 Å². The van der Waals surface area contributed by atoms with E-state index in [0.717, 1.165) is 22.6 Å². The summed E-state index contributed by atoms with van der Waals surface area (Å²) < 4.78 is 3.37. The molecule has 5 rings (SSSR count). The lowest BCUT2D eigenvalue weighted by Gasteiger charge is -2.05. The molecule has 0 saturated carbocycles. The van der Waals surface area contributed by atoms with Crippen LogP contribution >= 0.6 is 34.5 Å². The van der Waals surface area contributed by atoms with E-state index < -0.39 is 0 Å². The number of nitrogens with zero attached hydrogens (tertiary/aromatic N) is 5. The first-order chi connectivity index (χ1) is 15.0. The monoisotopic (exact) mass is 468 g/mol. The molecule has 2 aromatic carbocycles. The highest BCUT2D eigenvalue weighted by atomic mass is 35.5. The third kappa shape index (κ3) is 3.59. The van der Waals surface area contributed by atoms with Crippen LogP contribution in [-0.4, -0.2) is 30.3 Å². The van der Waals surface area contributed by atoms with Gasteiger partial charge in [-0.15, -0.1) is 16.4 Å². The molecule has 10 heteroatoms. The zero-order valence-corrected chi connectivity index (χ0v) is 18.4. The highest BCUT2D eigenvalue weighted by Gasteiger charge is 2.19. The Morgan fingerprint density at radius 3 is 2.71 bits per heavy atom. The normalized spacial score (nSPS) is 11.2. The number of rotatable bonds is 4. The van der Waals surface area contributed by atoms with Gasteiger partial charge in [0.2, 0.25) is 4.96 Å². The molecular weight excluding hydrogens is 455 g/mol. The lowest BCUT2D eigenvalue weighted by atomic mass is 10.2. The standard InChI is InChI=1S/C21H14Cl2N6OS/c1-12-16(10-24-28(12)14-5-3-2-4-6-14)19(30)25-20-26-21-29(27-20)18(11-31-21)15-8-7-13(22)9-17(15)23/h2-11H,1H3,(H,25,27,30). The Balaban J connectivity index is 1.43. The van der Waals surface area contributed by atoms with Crippen molar-refractivity contribution in [1.82, 2.24) is 24.4 Å². The lowest BCUT2D eigenvalue weighted by molar-refractivity contribution is 0.102. The molecule has 0 atom stereocenters. The van der Waals surface area contributed by atoms with Crippen molar-refractivity contribution in [1.29, 1.82) is 0 Å². The van der Waals surface area contributed by atoms with Gasteiger partial charge in [0.15, 0.2) is 0 Å². The van der Waals surface area contributed by atoms with E-state index >= 15 is 0 Å². The van der Waals surface area contributed by atoms with Crippen molar-refractivity contribution in [3.05, 3.63) is 81.4 Å². The number of nitrogens with one attached hydrogen (secondary N) is 1. The van der Waals surface area contributed by atoms with Crippen LogP contribution in [0.5, 0.6) is 0 Å². The molecule has 31 heavy (non-hydrogen) atoms. The van der Waals surface area contributed by atoms with Crippen molar-refractivity contribution < 1.29 is 4.79 Å². The molecule has 0 spiro atoms. The maximum absolute atomic E-state index is 12.8. The molecule has 1 N–H and O–H groups in total. The van der Waals surface area contributed by atoms with E-state index in [1.54, 1.807) is 21.3 Å². The first-order valence-electron chi connectivity index (χ1n) is 9.22. The van der Waals surface area contributed by atoms with Crippen LogP contribution in [0.1, 0.15) is 16.1 Å². The number of para-hydroxylation sites is 1. The van der Waals surface area contributed by atoms with Crippen LogP contribution in [0.15, 0.2) is 60.1 Å². The highest BCUT2D eigenvalue weighted by Crippen LogP contribution is 2.33. The van der Waals surface area contributed by atoms with Gasteiger partial charge in [-0.05, 0) is 37.3 Å². The number of anilines is 1. The molecule has 0 unspecified atom stereocenters. The minimum atomic E-state index is -0.330. The molecule has 154 valence electrons. The topological polar surface area (TPSA) is 77.1 Å². The highest BCUT2D eigenvalue weighted by molar-refractivity contribution is 7.15. The van der Waals surface area contributed by atoms with E-state index in [2.05, 4.69) is 20.5 Å². The fraction of sp³-hybridized carbons (Fsp3) is 0.0476. The van der Waals surface area contributed by atoms with E-state index in [4.69, 9.17) is 23.2 Å². The van der Waals surface area contributed by atoms with Crippen molar-refractivity contribution in [2.75, 3.05) is 5.32 Å². The van der Waals surface area contributed by atoms with Crippen molar-refractivity contribution >= 4 is 51.4 Å². The predicted molar refractivity (Wildman–Crippen MR) is 123 cm³/mol. The molecule has 5 aromatic rings. The molecule has 3 aromatic heterocycles. The molecule has 0 bridgehead atoms. The number of amides is 1. The lowest BCUT2D eigenvalue weighted by Crippen LogP contribution is -2.14. The van der Waals surface area contributed by atoms with Gasteiger partial charge in [-0.2, -0.15) is 10.1 Å². The number of halogens is 2. The largest absolute Gasteiger partial charge is 0.289 e. The van der Waals surface area contributed by atoms with Crippen LogP contribution in [0.3, 0.4) is 0 Å². The van der Waals surface area contributed by atoms with Crippen molar-refractivity contribution in [2.24, 2.45) is 0 Å². The smallest absolute Gasteiger partial charge is 0.261 e. The maximum Gasteiger partial charge on any atom is 0.261 e. The molecule has 0 saturated heterocycles. The second kappa shape index (κ2) is 7.81. The Kier molecular flexibility index (Phi) is 4.97. The Bertz CT molecular complexity index is 1420. The Hall–Kier alpha value is -3.20. The van der Waals surface area contributed by atoms with E-state index in [1.165, 1.54) is 17.5 Å². The second-order valence-electron chi connectivity index (χ2n) is 6.72. The van der Waals surface area contributed by atoms with Gasteiger partial charge in [0.25, 0.3) is 11.9 Å². The molecule has 7 nitrogen and oxygen atoms in total. The molecule has 3 heterocycles. The fourth-order valence-corrected chi connectivity index (χ4v) is 4.58. The van der Waals surface area contributed by atoms with Gasteiger partial charge in [0, 0.05) is 16.0 Å². The van der Waals surface area contributed by atoms with E-state index in [0.29, 0.717) is 20.6 Å². The molecule has 0 aliphatic carbocycles. The molecular formula is C21H14Cl2N6OS. The summed E-state index contributed by atoms with van der Waals surface area (Å²) in [5.41, 5.74) is 3.59. The summed E-state index contributed by atoms with van der Waals surface area (Å²) in [4.78, 5) is 17.9. The number of hydrogen-bond acceptors (Lipinski definition) is 5. The number of carbonyl (C=O) groups excluding carboxylic acids is 1. The van der Waals surface area contributed by atoms with Gasteiger partial charge in [0.1, 0.15) is 0 Å². The number of thiazole rings is 1. The zero-order chi connectivity index (χ0) is 21.5. The van der Waals surface area contributed by atoms with E-state index in [1.807, 2.05) is 48.7 Å². The quantitative estimate of drug-likeness (QED) is 0.377. The summed E-state index contributed by atoms with van der Waals surface area (Å²) in [7, 11) is 0. The van der Waals surface area contributed by atoms with Gasteiger partial charge in [-0.3, -0.25) is 10.1 Å². The zero-order valence-electron chi connectivity index (χ0n) is 16.1.